The lowest BCUT2D eigenvalue weighted by atomic mass is 10.0. The second-order valence-corrected chi connectivity index (χ2v) is 6.41. The van der Waals surface area contributed by atoms with Crippen LogP contribution in [0, 0.1) is 5.82 Å². The highest BCUT2D eigenvalue weighted by Gasteiger charge is 2.08. The zero-order valence-corrected chi connectivity index (χ0v) is 14.7. The molecule has 0 aliphatic rings. The van der Waals surface area contributed by atoms with Crippen molar-refractivity contribution in [2.75, 3.05) is 0 Å². The molecule has 0 saturated heterocycles. The number of rotatable bonds is 4. The van der Waals surface area contributed by atoms with Gasteiger partial charge in [-0.25, -0.2) is 4.39 Å². The van der Waals surface area contributed by atoms with Crippen molar-refractivity contribution in [2.24, 2.45) is 0 Å². The summed E-state index contributed by atoms with van der Waals surface area (Å²) in [6.45, 7) is 0.459. The van der Waals surface area contributed by atoms with E-state index in [1.54, 1.807) is 18.2 Å². The molecule has 3 heteroatoms. The molecule has 0 heterocycles. The van der Waals surface area contributed by atoms with Crippen molar-refractivity contribution < 1.29 is 9.18 Å². The number of hydrogen-bond donors (Lipinski definition) is 1. The third kappa shape index (κ3) is 3.72. The summed E-state index contributed by atoms with van der Waals surface area (Å²) in [5, 5.41) is 5.29. The summed E-state index contributed by atoms with van der Waals surface area (Å²) < 4.78 is 13.1. The Morgan fingerprint density at radius 3 is 2.37 bits per heavy atom. The highest BCUT2D eigenvalue weighted by atomic mass is 19.1. The van der Waals surface area contributed by atoms with Crippen molar-refractivity contribution in [1.82, 2.24) is 5.32 Å². The van der Waals surface area contributed by atoms with E-state index in [0.717, 1.165) is 27.5 Å². The molecule has 2 nitrogen and oxygen atoms in total. The predicted octanol–water partition coefficient (Wildman–Crippen LogP) is 5.58. The van der Waals surface area contributed by atoms with Crippen LogP contribution in [0.3, 0.4) is 0 Å². The number of benzene rings is 4. The van der Waals surface area contributed by atoms with Crippen LogP contribution in [0.4, 0.5) is 4.39 Å². The lowest BCUT2D eigenvalue weighted by molar-refractivity contribution is 0.0951. The van der Waals surface area contributed by atoms with E-state index in [2.05, 4.69) is 23.5 Å². The molecule has 4 aromatic carbocycles. The molecule has 0 spiro atoms. The van der Waals surface area contributed by atoms with Gasteiger partial charge in [0.2, 0.25) is 0 Å². The average Bonchev–Trinajstić information content (AvgIpc) is 2.72. The molecule has 27 heavy (non-hydrogen) atoms. The summed E-state index contributed by atoms with van der Waals surface area (Å²) in [4.78, 5) is 12.6. The van der Waals surface area contributed by atoms with Crippen LogP contribution in [0.25, 0.3) is 21.9 Å². The van der Waals surface area contributed by atoms with Gasteiger partial charge in [-0.1, -0.05) is 66.7 Å². The zero-order valence-electron chi connectivity index (χ0n) is 14.7. The molecule has 0 unspecified atom stereocenters. The lowest BCUT2D eigenvalue weighted by Gasteiger charge is -2.10. The standard InChI is InChI=1S/C24H18FNO/c25-22-13-11-17(12-14-22)19-7-4-8-20(15-19)24(27)26-16-21-9-3-6-18-5-1-2-10-23(18)21/h1-15H,16H2,(H,26,27). The zero-order chi connectivity index (χ0) is 18.6. The van der Waals surface area contributed by atoms with Crippen molar-refractivity contribution in [3.8, 4) is 11.1 Å². The molecule has 0 bridgehead atoms. The third-order valence-corrected chi connectivity index (χ3v) is 4.62. The van der Waals surface area contributed by atoms with Crippen molar-refractivity contribution in [3.05, 3.63) is 108 Å². The van der Waals surface area contributed by atoms with E-state index in [4.69, 9.17) is 0 Å². The van der Waals surface area contributed by atoms with E-state index < -0.39 is 0 Å². The Morgan fingerprint density at radius 2 is 1.52 bits per heavy atom. The fourth-order valence-electron chi connectivity index (χ4n) is 3.21. The van der Waals surface area contributed by atoms with Gasteiger partial charge < -0.3 is 5.32 Å². The second kappa shape index (κ2) is 7.42. The van der Waals surface area contributed by atoms with Gasteiger partial charge in [0.05, 0.1) is 0 Å². The van der Waals surface area contributed by atoms with E-state index in [9.17, 15) is 9.18 Å². The van der Waals surface area contributed by atoms with Gasteiger partial charge in [-0.3, -0.25) is 4.79 Å². The molecule has 132 valence electrons. The summed E-state index contributed by atoms with van der Waals surface area (Å²) in [6, 6.07) is 27.8. The first-order valence-electron chi connectivity index (χ1n) is 8.81. The number of carbonyl (C=O) groups excluding carboxylic acids is 1. The maximum Gasteiger partial charge on any atom is 0.251 e. The first-order chi connectivity index (χ1) is 13.2. The number of nitrogens with one attached hydrogen (secondary N) is 1. The van der Waals surface area contributed by atoms with Crippen LogP contribution >= 0.6 is 0 Å². The van der Waals surface area contributed by atoms with Crippen LogP contribution in [0.2, 0.25) is 0 Å². The molecule has 4 aromatic rings. The smallest absolute Gasteiger partial charge is 0.251 e. The summed E-state index contributed by atoms with van der Waals surface area (Å²) in [7, 11) is 0. The van der Waals surface area contributed by atoms with E-state index >= 15 is 0 Å². The number of hydrogen-bond acceptors (Lipinski definition) is 1. The summed E-state index contributed by atoms with van der Waals surface area (Å²) in [6.07, 6.45) is 0. The summed E-state index contributed by atoms with van der Waals surface area (Å²) >= 11 is 0. The molecule has 0 saturated carbocycles. The molecule has 0 atom stereocenters. The Balaban J connectivity index is 1.53. The summed E-state index contributed by atoms with van der Waals surface area (Å²) in [5.41, 5.74) is 3.42. The Morgan fingerprint density at radius 1 is 0.778 bits per heavy atom. The fraction of sp³-hybridized carbons (Fsp3) is 0.0417. The molecule has 0 aromatic heterocycles. The lowest BCUT2D eigenvalue weighted by Crippen LogP contribution is -2.22. The highest BCUT2D eigenvalue weighted by Crippen LogP contribution is 2.21. The normalized spacial score (nSPS) is 10.7. The van der Waals surface area contributed by atoms with Gasteiger partial charge in [0, 0.05) is 12.1 Å². The van der Waals surface area contributed by atoms with E-state index in [-0.39, 0.29) is 11.7 Å². The molecule has 1 N–H and O–H groups in total. The first-order valence-corrected chi connectivity index (χ1v) is 8.81. The van der Waals surface area contributed by atoms with Gasteiger partial charge in [0.25, 0.3) is 5.91 Å². The molecule has 0 radical (unpaired) electrons. The van der Waals surface area contributed by atoms with Gasteiger partial charge in [-0.2, -0.15) is 0 Å². The van der Waals surface area contributed by atoms with Crippen LogP contribution in [0.1, 0.15) is 15.9 Å². The van der Waals surface area contributed by atoms with Gasteiger partial charge >= 0.3 is 0 Å². The molecule has 0 fully saturated rings. The van der Waals surface area contributed by atoms with Crippen LogP contribution in [-0.2, 0) is 6.54 Å². The Bertz CT molecular complexity index is 1100. The quantitative estimate of drug-likeness (QED) is 0.509. The number of halogens is 1. The van der Waals surface area contributed by atoms with Crippen LogP contribution in [0.5, 0.6) is 0 Å². The third-order valence-electron chi connectivity index (χ3n) is 4.62. The van der Waals surface area contributed by atoms with Crippen molar-refractivity contribution >= 4 is 16.7 Å². The number of amides is 1. The van der Waals surface area contributed by atoms with Gasteiger partial charge in [0.15, 0.2) is 0 Å². The largest absolute Gasteiger partial charge is 0.348 e. The van der Waals surface area contributed by atoms with Crippen molar-refractivity contribution in [2.45, 2.75) is 6.54 Å². The van der Waals surface area contributed by atoms with E-state index in [0.29, 0.717) is 12.1 Å². The molecular weight excluding hydrogens is 337 g/mol. The van der Waals surface area contributed by atoms with Gasteiger partial charge in [-0.05, 0) is 51.7 Å². The van der Waals surface area contributed by atoms with Gasteiger partial charge in [0.1, 0.15) is 5.82 Å². The summed E-state index contributed by atoms with van der Waals surface area (Å²) in [5.74, 6) is -0.408. The van der Waals surface area contributed by atoms with E-state index in [1.165, 1.54) is 12.1 Å². The van der Waals surface area contributed by atoms with Crippen molar-refractivity contribution in [3.63, 3.8) is 0 Å². The minimum absolute atomic E-state index is 0.133. The Hall–Kier alpha value is -3.46. The predicted molar refractivity (Wildman–Crippen MR) is 107 cm³/mol. The minimum atomic E-state index is -0.275. The monoisotopic (exact) mass is 355 g/mol. The SMILES string of the molecule is O=C(NCc1cccc2ccccc12)c1cccc(-c2ccc(F)cc2)c1. The maximum atomic E-state index is 13.1. The van der Waals surface area contributed by atoms with Crippen LogP contribution in [0.15, 0.2) is 91.0 Å². The number of fused-ring (bicyclic) bond motifs is 1. The Kier molecular flexibility index (Phi) is 4.67. The second-order valence-electron chi connectivity index (χ2n) is 6.41. The topological polar surface area (TPSA) is 29.1 Å². The number of carbonyl (C=O) groups is 1. The molecule has 0 aliphatic heterocycles. The van der Waals surface area contributed by atoms with E-state index in [1.807, 2.05) is 42.5 Å². The highest BCUT2D eigenvalue weighted by molar-refractivity contribution is 5.95. The molecule has 4 rings (SSSR count). The first kappa shape index (κ1) is 17.0. The minimum Gasteiger partial charge on any atom is -0.348 e. The molecule has 0 aliphatic carbocycles. The Labute approximate surface area is 157 Å². The maximum absolute atomic E-state index is 13.1. The molecule has 1 amide bonds. The molecular formula is C24H18FNO. The van der Waals surface area contributed by atoms with Gasteiger partial charge in [-0.15, -0.1) is 0 Å². The average molecular weight is 355 g/mol. The van der Waals surface area contributed by atoms with Crippen LogP contribution in [-0.4, -0.2) is 5.91 Å². The van der Waals surface area contributed by atoms with Crippen LogP contribution < -0.4 is 5.32 Å². The fourth-order valence-corrected chi connectivity index (χ4v) is 3.21. The van der Waals surface area contributed by atoms with Crippen molar-refractivity contribution in [1.29, 1.82) is 0 Å².